The van der Waals surface area contributed by atoms with E-state index in [-0.39, 0.29) is 12.5 Å². The number of hydrogen-bond acceptors (Lipinski definition) is 4. The van der Waals surface area contributed by atoms with E-state index in [0.717, 1.165) is 21.7 Å². The first-order chi connectivity index (χ1) is 15.0. The predicted octanol–water partition coefficient (Wildman–Crippen LogP) is 3.28. The molecular weight excluding hydrogens is 450 g/mol. The highest BCUT2D eigenvalue weighted by Crippen LogP contribution is 2.26. The van der Waals surface area contributed by atoms with Gasteiger partial charge in [-0.15, -0.1) is 0 Å². The lowest BCUT2D eigenvalue weighted by molar-refractivity contribution is -0.140. The van der Waals surface area contributed by atoms with Crippen LogP contribution in [-0.2, 0) is 26.2 Å². The third kappa shape index (κ3) is 6.46. The molecule has 0 aliphatic heterocycles. The summed E-state index contributed by atoms with van der Waals surface area (Å²) in [5, 5.41) is 3.07. The summed E-state index contributed by atoms with van der Waals surface area (Å²) in [6.45, 7) is 5.26. The Kier molecular flexibility index (Phi) is 8.69. The summed E-state index contributed by atoms with van der Waals surface area (Å²) in [4.78, 5) is 27.4. The van der Waals surface area contributed by atoms with Gasteiger partial charge in [0.1, 0.15) is 12.6 Å². The number of carbonyl (C=O) groups is 2. The maximum Gasteiger partial charge on any atom is 0.244 e. The molecule has 0 bridgehead atoms. The van der Waals surface area contributed by atoms with E-state index in [1.807, 2.05) is 38.1 Å². The zero-order valence-corrected chi connectivity index (χ0v) is 20.6. The number of nitrogens with zero attached hydrogens (tertiary/aromatic N) is 2. The molecule has 2 aromatic rings. The van der Waals surface area contributed by atoms with Crippen molar-refractivity contribution >= 4 is 39.1 Å². The van der Waals surface area contributed by atoms with Crippen LogP contribution < -0.4 is 9.62 Å². The summed E-state index contributed by atoms with van der Waals surface area (Å²) in [5.74, 6) is -0.776. The van der Waals surface area contributed by atoms with E-state index in [1.54, 1.807) is 25.1 Å². The van der Waals surface area contributed by atoms with E-state index in [2.05, 4.69) is 5.32 Å². The number of anilines is 1. The average molecular weight is 480 g/mol. The molecule has 0 unspecified atom stereocenters. The Bertz CT molecular complexity index is 1070. The molecule has 1 atom stereocenters. The Morgan fingerprint density at radius 3 is 2.22 bits per heavy atom. The van der Waals surface area contributed by atoms with Gasteiger partial charge in [0.05, 0.1) is 11.9 Å². The van der Waals surface area contributed by atoms with Crippen molar-refractivity contribution in [3.63, 3.8) is 0 Å². The molecule has 32 heavy (non-hydrogen) atoms. The van der Waals surface area contributed by atoms with Crippen molar-refractivity contribution in [2.45, 2.75) is 39.8 Å². The lowest BCUT2D eigenvalue weighted by Crippen LogP contribution is -2.51. The minimum absolute atomic E-state index is 0.183. The molecule has 174 valence electrons. The summed E-state index contributed by atoms with van der Waals surface area (Å²) < 4.78 is 26.2. The number of benzene rings is 2. The van der Waals surface area contributed by atoms with Crippen molar-refractivity contribution < 1.29 is 18.0 Å². The molecule has 0 saturated heterocycles. The van der Waals surface area contributed by atoms with Gasteiger partial charge in [-0.25, -0.2) is 8.42 Å². The lowest BCUT2D eigenvalue weighted by atomic mass is 10.1. The Hall–Kier alpha value is -2.58. The van der Waals surface area contributed by atoms with Gasteiger partial charge in [0, 0.05) is 18.6 Å². The van der Waals surface area contributed by atoms with E-state index in [0.29, 0.717) is 22.7 Å². The van der Waals surface area contributed by atoms with E-state index < -0.39 is 28.5 Å². The summed E-state index contributed by atoms with van der Waals surface area (Å²) in [5.41, 5.74) is 2.92. The van der Waals surface area contributed by atoms with Gasteiger partial charge in [-0.3, -0.25) is 13.9 Å². The SMILES string of the molecule is CC[C@H](C(=O)NC)N(Cc1ccc(C)cc1)C(=O)CN(c1ccc(Cl)cc1C)S(C)(=O)=O. The third-order valence-corrected chi connectivity index (χ3v) is 6.57. The second-order valence-corrected chi connectivity index (χ2v) is 10.1. The van der Waals surface area contributed by atoms with Crippen LogP contribution in [0.5, 0.6) is 0 Å². The highest BCUT2D eigenvalue weighted by atomic mass is 35.5. The van der Waals surface area contributed by atoms with Crippen LogP contribution in [0.25, 0.3) is 0 Å². The van der Waals surface area contributed by atoms with E-state index in [1.165, 1.54) is 11.9 Å². The number of rotatable bonds is 9. The van der Waals surface area contributed by atoms with Crippen molar-refractivity contribution in [3.8, 4) is 0 Å². The van der Waals surface area contributed by atoms with Gasteiger partial charge < -0.3 is 10.2 Å². The number of nitrogens with one attached hydrogen (secondary N) is 1. The highest BCUT2D eigenvalue weighted by Gasteiger charge is 2.31. The molecule has 2 amide bonds. The molecular formula is C23H30ClN3O4S. The number of amides is 2. The van der Waals surface area contributed by atoms with Crippen molar-refractivity contribution in [2.75, 3.05) is 24.2 Å². The van der Waals surface area contributed by atoms with Crippen LogP contribution in [0.15, 0.2) is 42.5 Å². The van der Waals surface area contributed by atoms with E-state index in [4.69, 9.17) is 11.6 Å². The number of likely N-dealkylation sites (N-methyl/N-ethyl adjacent to an activating group) is 1. The fourth-order valence-corrected chi connectivity index (χ4v) is 4.60. The normalized spacial score (nSPS) is 12.2. The van der Waals surface area contributed by atoms with Gasteiger partial charge in [-0.2, -0.15) is 0 Å². The summed E-state index contributed by atoms with van der Waals surface area (Å²) in [6, 6.07) is 11.7. The summed E-state index contributed by atoms with van der Waals surface area (Å²) >= 11 is 6.02. The average Bonchev–Trinajstić information content (AvgIpc) is 2.72. The monoisotopic (exact) mass is 479 g/mol. The first-order valence-corrected chi connectivity index (χ1v) is 12.5. The standard InChI is InChI=1S/C23H30ClN3O4S/c1-6-20(23(29)25-4)26(14-18-9-7-16(2)8-10-18)22(28)15-27(32(5,30)31)21-12-11-19(24)13-17(21)3/h7-13,20H,6,14-15H2,1-5H3,(H,25,29)/t20-/m1/s1. The van der Waals surface area contributed by atoms with Gasteiger partial charge in [-0.1, -0.05) is 48.4 Å². The molecule has 0 heterocycles. The van der Waals surface area contributed by atoms with Crippen LogP contribution in [0.1, 0.15) is 30.0 Å². The molecule has 9 heteroatoms. The molecule has 0 aliphatic rings. The minimum atomic E-state index is -3.78. The van der Waals surface area contributed by atoms with Crippen LogP contribution >= 0.6 is 11.6 Å². The Morgan fingerprint density at radius 1 is 1.09 bits per heavy atom. The quantitative estimate of drug-likeness (QED) is 0.598. The maximum atomic E-state index is 13.5. The van der Waals surface area contributed by atoms with Crippen molar-refractivity contribution in [3.05, 3.63) is 64.2 Å². The Labute approximate surface area is 195 Å². The largest absolute Gasteiger partial charge is 0.357 e. The summed E-state index contributed by atoms with van der Waals surface area (Å²) in [7, 11) is -2.26. The molecule has 0 fully saturated rings. The number of hydrogen-bond donors (Lipinski definition) is 1. The highest BCUT2D eigenvalue weighted by molar-refractivity contribution is 7.92. The van der Waals surface area contributed by atoms with Gasteiger partial charge in [0.2, 0.25) is 21.8 Å². The molecule has 0 aromatic heterocycles. The van der Waals surface area contributed by atoms with Gasteiger partial charge in [-0.05, 0) is 49.6 Å². The Morgan fingerprint density at radius 2 is 1.72 bits per heavy atom. The molecule has 0 aliphatic carbocycles. The van der Waals surface area contributed by atoms with Crippen LogP contribution in [0.2, 0.25) is 5.02 Å². The molecule has 0 radical (unpaired) electrons. The first kappa shape index (κ1) is 25.7. The first-order valence-electron chi connectivity index (χ1n) is 10.3. The van der Waals surface area contributed by atoms with Gasteiger partial charge in [0.25, 0.3) is 0 Å². The van der Waals surface area contributed by atoms with Crippen molar-refractivity contribution in [2.24, 2.45) is 0 Å². The molecule has 0 spiro atoms. The predicted molar refractivity (Wildman–Crippen MR) is 128 cm³/mol. The van der Waals surface area contributed by atoms with E-state index in [9.17, 15) is 18.0 Å². The fraction of sp³-hybridized carbons (Fsp3) is 0.391. The topological polar surface area (TPSA) is 86.8 Å². The number of aryl methyl sites for hydroxylation is 2. The van der Waals surface area contributed by atoms with Crippen LogP contribution in [-0.4, -0.2) is 51.0 Å². The van der Waals surface area contributed by atoms with E-state index >= 15 is 0 Å². The third-order valence-electron chi connectivity index (χ3n) is 5.21. The Balaban J connectivity index is 2.45. The zero-order chi connectivity index (χ0) is 24.1. The minimum Gasteiger partial charge on any atom is -0.357 e. The van der Waals surface area contributed by atoms with Crippen LogP contribution in [0, 0.1) is 13.8 Å². The molecule has 7 nitrogen and oxygen atoms in total. The van der Waals surface area contributed by atoms with Crippen LogP contribution in [0.3, 0.4) is 0 Å². The molecule has 1 N–H and O–H groups in total. The number of halogens is 1. The number of sulfonamides is 1. The van der Waals surface area contributed by atoms with Gasteiger partial charge >= 0.3 is 0 Å². The fourth-order valence-electron chi connectivity index (χ4n) is 3.47. The van der Waals surface area contributed by atoms with Crippen LogP contribution in [0.4, 0.5) is 5.69 Å². The summed E-state index contributed by atoms with van der Waals surface area (Å²) in [6.07, 6.45) is 1.44. The van der Waals surface area contributed by atoms with Gasteiger partial charge in [0.15, 0.2) is 0 Å². The zero-order valence-electron chi connectivity index (χ0n) is 19.1. The molecule has 0 saturated carbocycles. The van der Waals surface area contributed by atoms with Crippen molar-refractivity contribution in [1.82, 2.24) is 10.2 Å². The second kappa shape index (κ2) is 10.8. The lowest BCUT2D eigenvalue weighted by Gasteiger charge is -2.33. The number of carbonyl (C=O) groups excluding carboxylic acids is 2. The maximum absolute atomic E-state index is 13.5. The second-order valence-electron chi connectivity index (χ2n) is 7.75. The molecule has 2 rings (SSSR count). The van der Waals surface area contributed by atoms with Crippen molar-refractivity contribution in [1.29, 1.82) is 0 Å². The smallest absolute Gasteiger partial charge is 0.244 e. The molecule has 2 aromatic carbocycles.